The highest BCUT2D eigenvalue weighted by Crippen LogP contribution is 2.28. The number of carbonyl (C=O) groups excluding carboxylic acids is 2. The average molecular weight is 381 g/mol. The number of benzene rings is 1. The molecule has 0 saturated carbocycles. The Morgan fingerprint density at radius 2 is 2.24 bits per heavy atom. The van der Waals surface area contributed by atoms with E-state index in [1.54, 1.807) is 18.2 Å². The van der Waals surface area contributed by atoms with Crippen LogP contribution in [-0.4, -0.2) is 41.1 Å². The van der Waals surface area contributed by atoms with Gasteiger partial charge < -0.3 is 15.7 Å². The van der Waals surface area contributed by atoms with Crippen molar-refractivity contribution in [3.8, 4) is 0 Å². The van der Waals surface area contributed by atoms with Crippen LogP contribution in [-0.2, 0) is 6.54 Å². The minimum atomic E-state index is -1.11. The topological polar surface area (TPSA) is 112 Å². The van der Waals surface area contributed by atoms with E-state index in [1.165, 1.54) is 10.3 Å². The first-order chi connectivity index (χ1) is 12.0. The molecule has 0 aliphatic carbocycles. The summed E-state index contributed by atoms with van der Waals surface area (Å²) in [6, 6.07) is 4.40. The summed E-state index contributed by atoms with van der Waals surface area (Å²) in [5, 5.41) is 16.5. The number of thiazole rings is 1. The second kappa shape index (κ2) is 7.08. The molecule has 3 N–H and O–H groups in total. The largest absolute Gasteiger partial charge is 0.476 e. The molecule has 0 bridgehead atoms. The Kier molecular flexibility index (Phi) is 4.86. The average Bonchev–Trinajstić information content (AvgIpc) is 3.22. The predicted octanol–water partition coefficient (Wildman–Crippen LogP) is 1.95. The van der Waals surface area contributed by atoms with Gasteiger partial charge in [0.25, 0.3) is 5.91 Å². The molecule has 0 unspecified atom stereocenters. The Hall–Kier alpha value is -2.65. The molecule has 8 nitrogen and oxygen atoms in total. The van der Waals surface area contributed by atoms with E-state index in [4.69, 9.17) is 16.7 Å². The van der Waals surface area contributed by atoms with Crippen molar-refractivity contribution in [2.75, 3.05) is 18.0 Å². The highest BCUT2D eigenvalue weighted by atomic mass is 35.5. The third-order valence-electron chi connectivity index (χ3n) is 3.53. The minimum Gasteiger partial charge on any atom is -0.476 e. The van der Waals surface area contributed by atoms with Crippen LogP contribution in [0, 0.1) is 0 Å². The quantitative estimate of drug-likeness (QED) is 0.734. The van der Waals surface area contributed by atoms with Crippen molar-refractivity contribution in [1.29, 1.82) is 0 Å². The molecule has 0 spiro atoms. The molecule has 3 rings (SSSR count). The number of aromatic nitrogens is 1. The Morgan fingerprint density at radius 3 is 2.88 bits per heavy atom. The summed E-state index contributed by atoms with van der Waals surface area (Å²) in [5.74, 6) is -1.48. The number of carbonyl (C=O) groups is 3. The van der Waals surface area contributed by atoms with Crippen LogP contribution in [0.2, 0.25) is 5.02 Å². The van der Waals surface area contributed by atoms with Gasteiger partial charge in [0.2, 0.25) is 0 Å². The number of amides is 3. The van der Waals surface area contributed by atoms with E-state index in [9.17, 15) is 14.4 Å². The normalized spacial score (nSPS) is 13.6. The van der Waals surface area contributed by atoms with Gasteiger partial charge in [0, 0.05) is 24.0 Å². The molecule has 1 aliphatic rings. The first kappa shape index (κ1) is 17.2. The first-order valence-corrected chi connectivity index (χ1v) is 8.52. The van der Waals surface area contributed by atoms with Crippen LogP contribution >= 0.6 is 22.9 Å². The van der Waals surface area contributed by atoms with Crippen LogP contribution in [0.5, 0.6) is 0 Å². The Morgan fingerprint density at radius 1 is 1.44 bits per heavy atom. The minimum absolute atomic E-state index is 0.0527. The van der Waals surface area contributed by atoms with Gasteiger partial charge in [-0.3, -0.25) is 9.69 Å². The number of hydrogen-bond acceptors (Lipinski definition) is 5. The number of aromatic carboxylic acids is 1. The Labute approximate surface area is 151 Å². The van der Waals surface area contributed by atoms with Gasteiger partial charge in [-0.1, -0.05) is 11.6 Å². The highest BCUT2D eigenvalue weighted by molar-refractivity contribution is 7.09. The maximum absolute atomic E-state index is 12.3. The summed E-state index contributed by atoms with van der Waals surface area (Å²) in [4.78, 5) is 40.3. The van der Waals surface area contributed by atoms with Crippen LogP contribution < -0.4 is 15.5 Å². The van der Waals surface area contributed by atoms with Crippen LogP contribution in [0.4, 0.5) is 10.5 Å². The smallest absolute Gasteiger partial charge is 0.355 e. The molecule has 25 heavy (non-hydrogen) atoms. The zero-order valence-electron chi connectivity index (χ0n) is 12.8. The second-order valence-corrected chi connectivity index (χ2v) is 6.51. The zero-order chi connectivity index (χ0) is 18.0. The number of anilines is 1. The van der Waals surface area contributed by atoms with Gasteiger partial charge in [0.15, 0.2) is 5.69 Å². The van der Waals surface area contributed by atoms with Gasteiger partial charge in [-0.15, -0.1) is 11.3 Å². The zero-order valence-corrected chi connectivity index (χ0v) is 14.4. The molecule has 1 aliphatic heterocycles. The number of urea groups is 1. The van der Waals surface area contributed by atoms with E-state index in [1.807, 2.05) is 0 Å². The second-order valence-electron chi connectivity index (χ2n) is 5.16. The van der Waals surface area contributed by atoms with E-state index in [-0.39, 0.29) is 24.2 Å². The summed E-state index contributed by atoms with van der Waals surface area (Å²) in [6.07, 6.45) is 0. The molecule has 130 valence electrons. The van der Waals surface area contributed by atoms with Crippen LogP contribution in [0.3, 0.4) is 0 Å². The fraction of sp³-hybridized carbons (Fsp3) is 0.200. The third-order valence-corrected chi connectivity index (χ3v) is 4.70. The van der Waals surface area contributed by atoms with Gasteiger partial charge in [-0.05, 0) is 18.2 Å². The predicted molar refractivity (Wildman–Crippen MR) is 92.4 cm³/mol. The van der Waals surface area contributed by atoms with Crippen molar-refractivity contribution >= 4 is 46.5 Å². The molecule has 1 aromatic carbocycles. The molecule has 2 aromatic rings. The van der Waals surface area contributed by atoms with Crippen molar-refractivity contribution in [2.24, 2.45) is 0 Å². The molecular formula is C15H13ClN4O4S. The van der Waals surface area contributed by atoms with Crippen molar-refractivity contribution in [3.63, 3.8) is 0 Å². The molecule has 2 heterocycles. The van der Waals surface area contributed by atoms with E-state index in [0.29, 0.717) is 34.4 Å². The SMILES string of the molecule is O=C(NCc1nc(C(=O)O)cs1)c1ccc(Cl)c(N2CCNC2=O)c1. The summed E-state index contributed by atoms with van der Waals surface area (Å²) in [5.41, 5.74) is 0.754. The Balaban J connectivity index is 1.71. The van der Waals surface area contributed by atoms with E-state index in [0.717, 1.165) is 11.3 Å². The number of carboxylic acid groups (broad SMARTS) is 1. The maximum atomic E-state index is 12.3. The molecule has 3 amide bonds. The number of rotatable bonds is 5. The monoisotopic (exact) mass is 380 g/mol. The number of hydrogen-bond donors (Lipinski definition) is 3. The van der Waals surface area contributed by atoms with Crippen molar-refractivity contribution < 1.29 is 19.5 Å². The van der Waals surface area contributed by atoms with E-state index >= 15 is 0 Å². The molecule has 0 atom stereocenters. The van der Waals surface area contributed by atoms with Crippen LogP contribution in [0.25, 0.3) is 0 Å². The van der Waals surface area contributed by atoms with Gasteiger partial charge in [0.1, 0.15) is 5.01 Å². The van der Waals surface area contributed by atoms with Gasteiger partial charge in [-0.25, -0.2) is 14.6 Å². The van der Waals surface area contributed by atoms with E-state index < -0.39 is 5.97 Å². The lowest BCUT2D eigenvalue weighted by Gasteiger charge is -2.17. The fourth-order valence-electron chi connectivity index (χ4n) is 2.31. The fourth-order valence-corrected chi connectivity index (χ4v) is 3.24. The lowest BCUT2D eigenvalue weighted by atomic mass is 10.1. The number of halogens is 1. The van der Waals surface area contributed by atoms with Gasteiger partial charge in [0.05, 0.1) is 17.3 Å². The van der Waals surface area contributed by atoms with Crippen molar-refractivity contribution in [2.45, 2.75) is 6.54 Å². The molecule has 10 heteroatoms. The maximum Gasteiger partial charge on any atom is 0.355 e. The molecule has 1 saturated heterocycles. The number of nitrogens with one attached hydrogen (secondary N) is 2. The number of nitrogens with zero attached hydrogens (tertiary/aromatic N) is 2. The molecule has 1 fully saturated rings. The summed E-state index contributed by atoms with van der Waals surface area (Å²) in [6.45, 7) is 1.10. The molecule has 0 radical (unpaired) electrons. The van der Waals surface area contributed by atoms with Crippen molar-refractivity contribution in [1.82, 2.24) is 15.6 Å². The summed E-state index contributed by atoms with van der Waals surface area (Å²) in [7, 11) is 0. The first-order valence-electron chi connectivity index (χ1n) is 7.26. The van der Waals surface area contributed by atoms with E-state index in [2.05, 4.69) is 15.6 Å². The van der Waals surface area contributed by atoms with Crippen LogP contribution in [0.1, 0.15) is 25.9 Å². The summed E-state index contributed by atoms with van der Waals surface area (Å²) < 4.78 is 0. The Bertz CT molecular complexity index is 854. The lowest BCUT2D eigenvalue weighted by molar-refractivity contribution is 0.0691. The standard InChI is InChI=1S/C15H13ClN4O4S/c16-9-2-1-8(5-11(9)20-4-3-17-15(20)24)13(21)18-6-12-19-10(7-25-12)14(22)23/h1-2,5,7H,3-4,6H2,(H,17,24)(H,18,21)(H,22,23). The molecular weight excluding hydrogens is 368 g/mol. The van der Waals surface area contributed by atoms with Crippen LogP contribution in [0.15, 0.2) is 23.6 Å². The number of carboxylic acids is 1. The van der Waals surface area contributed by atoms with Gasteiger partial charge >= 0.3 is 12.0 Å². The highest BCUT2D eigenvalue weighted by Gasteiger charge is 2.24. The van der Waals surface area contributed by atoms with Crippen molar-refractivity contribution in [3.05, 3.63) is 44.9 Å². The third kappa shape index (κ3) is 3.72. The van der Waals surface area contributed by atoms with Gasteiger partial charge in [-0.2, -0.15) is 0 Å². The molecule has 1 aromatic heterocycles. The lowest BCUT2D eigenvalue weighted by Crippen LogP contribution is -2.28. The summed E-state index contributed by atoms with van der Waals surface area (Å²) >= 11 is 7.29.